The maximum absolute atomic E-state index is 11.9. The summed E-state index contributed by atoms with van der Waals surface area (Å²) in [4.78, 5) is 14.9. The zero-order chi connectivity index (χ0) is 13.5. The topological polar surface area (TPSA) is 32.3 Å². The highest BCUT2D eigenvalue weighted by molar-refractivity contribution is 8.00. The molecule has 0 heterocycles. The number of nitrogens with zero attached hydrogens (tertiary/aromatic N) is 1. The molecular formula is C14H23ClN2OS. The Hall–Kier alpha value is -0.710. The molecule has 0 saturated carbocycles. The molecule has 0 radical (unpaired) electrons. The molecule has 1 amide bonds. The number of amides is 1. The number of nitrogens with one attached hydrogen (secondary N) is 1. The maximum atomic E-state index is 11.9. The van der Waals surface area contributed by atoms with Crippen molar-refractivity contribution in [1.29, 1.82) is 0 Å². The van der Waals surface area contributed by atoms with Crippen molar-refractivity contribution in [2.24, 2.45) is 0 Å². The minimum atomic E-state index is 0. The Morgan fingerprint density at radius 1 is 1.37 bits per heavy atom. The first-order valence-electron chi connectivity index (χ1n) is 6.13. The molecule has 5 heteroatoms. The van der Waals surface area contributed by atoms with E-state index in [1.165, 1.54) is 16.0 Å². The SMILES string of the molecule is CNCCN(C)C(=O)CSc1cc(C)ccc1C.Cl. The quantitative estimate of drug-likeness (QED) is 0.820. The summed E-state index contributed by atoms with van der Waals surface area (Å²) in [6.07, 6.45) is 0. The Morgan fingerprint density at radius 2 is 2.05 bits per heavy atom. The molecule has 0 atom stereocenters. The molecule has 0 fully saturated rings. The molecule has 19 heavy (non-hydrogen) atoms. The second-order valence-electron chi connectivity index (χ2n) is 4.48. The van der Waals surface area contributed by atoms with Gasteiger partial charge >= 0.3 is 0 Å². The number of halogens is 1. The van der Waals surface area contributed by atoms with Gasteiger partial charge in [-0.2, -0.15) is 0 Å². The molecular weight excluding hydrogens is 280 g/mol. The summed E-state index contributed by atoms with van der Waals surface area (Å²) in [5, 5.41) is 3.04. The summed E-state index contributed by atoms with van der Waals surface area (Å²) in [6, 6.07) is 6.34. The number of hydrogen-bond acceptors (Lipinski definition) is 3. The van der Waals surface area contributed by atoms with Gasteiger partial charge in [-0.05, 0) is 32.5 Å². The molecule has 1 aromatic rings. The molecule has 0 aliphatic rings. The van der Waals surface area contributed by atoms with Crippen LogP contribution in [0.2, 0.25) is 0 Å². The van der Waals surface area contributed by atoms with Crippen LogP contribution in [0.15, 0.2) is 23.1 Å². The monoisotopic (exact) mass is 302 g/mol. The van der Waals surface area contributed by atoms with Gasteiger partial charge in [0.05, 0.1) is 5.75 Å². The minimum absolute atomic E-state index is 0. The Balaban J connectivity index is 0.00000324. The fourth-order valence-corrected chi connectivity index (χ4v) is 2.58. The predicted molar refractivity (Wildman–Crippen MR) is 85.5 cm³/mol. The second kappa shape index (κ2) is 9.23. The molecule has 0 aliphatic carbocycles. The first-order chi connectivity index (χ1) is 8.54. The zero-order valence-electron chi connectivity index (χ0n) is 12.0. The van der Waals surface area contributed by atoms with E-state index in [-0.39, 0.29) is 18.3 Å². The number of thioether (sulfide) groups is 1. The summed E-state index contributed by atoms with van der Waals surface area (Å²) < 4.78 is 0. The molecule has 0 spiro atoms. The number of carbonyl (C=O) groups excluding carboxylic acids is 1. The van der Waals surface area contributed by atoms with E-state index in [0.29, 0.717) is 5.75 Å². The van der Waals surface area contributed by atoms with Gasteiger partial charge in [-0.25, -0.2) is 0 Å². The third-order valence-corrected chi connectivity index (χ3v) is 3.96. The average Bonchev–Trinajstić information content (AvgIpc) is 2.36. The molecule has 3 nitrogen and oxygen atoms in total. The maximum Gasteiger partial charge on any atom is 0.232 e. The fraction of sp³-hybridized carbons (Fsp3) is 0.500. The third-order valence-electron chi connectivity index (χ3n) is 2.82. The Labute approximate surface area is 126 Å². The van der Waals surface area contributed by atoms with E-state index in [1.807, 2.05) is 14.1 Å². The van der Waals surface area contributed by atoms with E-state index >= 15 is 0 Å². The van der Waals surface area contributed by atoms with Gasteiger partial charge in [-0.15, -0.1) is 24.2 Å². The van der Waals surface area contributed by atoms with Gasteiger partial charge < -0.3 is 10.2 Å². The van der Waals surface area contributed by atoms with E-state index in [4.69, 9.17) is 0 Å². The second-order valence-corrected chi connectivity index (χ2v) is 5.49. The van der Waals surface area contributed by atoms with Crippen LogP contribution >= 0.6 is 24.2 Å². The van der Waals surface area contributed by atoms with Crippen molar-refractivity contribution in [2.45, 2.75) is 18.7 Å². The number of hydrogen-bond donors (Lipinski definition) is 1. The van der Waals surface area contributed by atoms with Gasteiger partial charge in [-0.3, -0.25) is 4.79 Å². The lowest BCUT2D eigenvalue weighted by molar-refractivity contribution is -0.127. The van der Waals surface area contributed by atoms with Crippen molar-refractivity contribution in [3.63, 3.8) is 0 Å². The highest BCUT2D eigenvalue weighted by Crippen LogP contribution is 2.23. The molecule has 108 valence electrons. The molecule has 1 aromatic carbocycles. The van der Waals surface area contributed by atoms with Gasteiger partial charge in [0.15, 0.2) is 0 Å². The number of carbonyl (C=O) groups is 1. The van der Waals surface area contributed by atoms with Crippen LogP contribution in [0, 0.1) is 13.8 Å². The lowest BCUT2D eigenvalue weighted by atomic mass is 10.2. The summed E-state index contributed by atoms with van der Waals surface area (Å²) >= 11 is 1.62. The average molecular weight is 303 g/mol. The van der Waals surface area contributed by atoms with Gasteiger partial charge in [-0.1, -0.05) is 17.7 Å². The number of aryl methyl sites for hydroxylation is 2. The summed E-state index contributed by atoms with van der Waals surface area (Å²) in [5.41, 5.74) is 2.47. The Kier molecular flexibility index (Phi) is 8.89. The van der Waals surface area contributed by atoms with Crippen molar-refractivity contribution in [3.05, 3.63) is 29.3 Å². The molecule has 1 rings (SSSR count). The molecule has 1 N–H and O–H groups in total. The lowest BCUT2D eigenvalue weighted by Gasteiger charge is -2.17. The van der Waals surface area contributed by atoms with Crippen LogP contribution in [0.25, 0.3) is 0 Å². The van der Waals surface area contributed by atoms with Crippen LogP contribution in [0.5, 0.6) is 0 Å². The van der Waals surface area contributed by atoms with Crippen molar-refractivity contribution in [3.8, 4) is 0 Å². The van der Waals surface area contributed by atoms with Crippen LogP contribution in [0.1, 0.15) is 11.1 Å². The zero-order valence-corrected chi connectivity index (χ0v) is 13.7. The minimum Gasteiger partial charge on any atom is -0.344 e. The summed E-state index contributed by atoms with van der Waals surface area (Å²) in [5.74, 6) is 0.681. The van der Waals surface area contributed by atoms with E-state index in [0.717, 1.165) is 13.1 Å². The molecule has 0 saturated heterocycles. The third kappa shape index (κ3) is 6.32. The van der Waals surface area contributed by atoms with Gasteiger partial charge in [0, 0.05) is 25.0 Å². The highest BCUT2D eigenvalue weighted by Gasteiger charge is 2.09. The van der Waals surface area contributed by atoms with Crippen LogP contribution in [0.3, 0.4) is 0 Å². The van der Waals surface area contributed by atoms with Crippen molar-refractivity contribution in [1.82, 2.24) is 10.2 Å². The number of rotatable bonds is 6. The predicted octanol–water partition coefficient (Wildman–Crippen LogP) is 2.50. The first-order valence-corrected chi connectivity index (χ1v) is 7.11. The van der Waals surface area contributed by atoms with Crippen LogP contribution in [-0.2, 0) is 4.79 Å². The van der Waals surface area contributed by atoms with Gasteiger partial charge in [0.2, 0.25) is 5.91 Å². The van der Waals surface area contributed by atoms with Gasteiger partial charge in [0.25, 0.3) is 0 Å². The normalized spacial score (nSPS) is 9.89. The summed E-state index contributed by atoms with van der Waals surface area (Å²) in [6.45, 7) is 5.74. The smallest absolute Gasteiger partial charge is 0.232 e. The Morgan fingerprint density at radius 3 is 2.68 bits per heavy atom. The van der Waals surface area contributed by atoms with E-state index < -0.39 is 0 Å². The van der Waals surface area contributed by atoms with Crippen molar-refractivity contribution >= 4 is 30.1 Å². The van der Waals surface area contributed by atoms with Crippen LogP contribution in [-0.4, -0.2) is 43.7 Å². The van der Waals surface area contributed by atoms with Crippen molar-refractivity contribution in [2.75, 3.05) is 32.9 Å². The summed E-state index contributed by atoms with van der Waals surface area (Å²) in [7, 11) is 3.74. The van der Waals surface area contributed by atoms with Crippen molar-refractivity contribution < 1.29 is 4.79 Å². The van der Waals surface area contributed by atoms with Gasteiger partial charge in [0.1, 0.15) is 0 Å². The molecule has 0 bridgehead atoms. The standard InChI is InChI=1S/C14H22N2OS.ClH/c1-11-5-6-12(2)13(9-11)18-10-14(17)16(4)8-7-15-3;/h5-6,9,15H,7-8,10H2,1-4H3;1H. The van der Waals surface area contributed by atoms with Crippen LogP contribution in [0.4, 0.5) is 0 Å². The van der Waals surface area contributed by atoms with Crippen LogP contribution < -0.4 is 5.32 Å². The highest BCUT2D eigenvalue weighted by atomic mass is 35.5. The lowest BCUT2D eigenvalue weighted by Crippen LogP contribution is -2.33. The van der Waals surface area contributed by atoms with E-state index in [9.17, 15) is 4.79 Å². The van der Waals surface area contributed by atoms with E-state index in [1.54, 1.807) is 16.7 Å². The molecule has 0 unspecified atom stereocenters. The molecule has 0 aliphatic heterocycles. The first kappa shape index (κ1) is 18.3. The largest absolute Gasteiger partial charge is 0.344 e. The number of likely N-dealkylation sites (N-methyl/N-ethyl adjacent to an activating group) is 2. The fourth-order valence-electron chi connectivity index (χ4n) is 1.52. The Bertz CT molecular complexity index is 412. The molecule has 0 aromatic heterocycles. The van der Waals surface area contributed by atoms with E-state index in [2.05, 4.69) is 37.4 Å². The number of benzene rings is 1.